The van der Waals surface area contributed by atoms with Gasteiger partial charge >= 0.3 is 0 Å². The molecule has 2 aromatic carbocycles. The first-order valence-corrected chi connectivity index (χ1v) is 9.09. The Hall–Kier alpha value is -1.92. The average Bonchev–Trinajstić information content (AvgIpc) is 2.46. The molecule has 2 rings (SSSR count). The smallest absolute Gasteiger partial charge is 0.248 e. The Morgan fingerprint density at radius 1 is 1.09 bits per heavy atom. The lowest BCUT2D eigenvalue weighted by Crippen LogP contribution is -2.11. The van der Waals surface area contributed by atoms with Crippen molar-refractivity contribution in [3.63, 3.8) is 0 Å². The SMILES string of the molecule is CS(=O)(=O)c1ccccc1NC(=O)/C=C/c1ccccc1Br. The number of sulfone groups is 1. The van der Waals surface area contributed by atoms with Crippen molar-refractivity contribution < 1.29 is 13.2 Å². The lowest BCUT2D eigenvalue weighted by atomic mass is 10.2. The number of amides is 1. The number of carbonyl (C=O) groups is 1. The summed E-state index contributed by atoms with van der Waals surface area (Å²) in [7, 11) is -3.40. The van der Waals surface area contributed by atoms with Gasteiger partial charge in [0.2, 0.25) is 5.91 Å². The third kappa shape index (κ3) is 4.29. The van der Waals surface area contributed by atoms with E-state index < -0.39 is 15.7 Å². The van der Waals surface area contributed by atoms with Crippen molar-refractivity contribution in [1.82, 2.24) is 0 Å². The van der Waals surface area contributed by atoms with Gasteiger partial charge in [0.25, 0.3) is 0 Å². The molecule has 4 nitrogen and oxygen atoms in total. The van der Waals surface area contributed by atoms with E-state index in [1.54, 1.807) is 24.3 Å². The second-order valence-electron chi connectivity index (χ2n) is 4.61. The number of nitrogens with one attached hydrogen (secondary N) is 1. The average molecular weight is 380 g/mol. The van der Waals surface area contributed by atoms with Crippen LogP contribution >= 0.6 is 15.9 Å². The normalized spacial score (nSPS) is 11.5. The molecule has 0 aliphatic rings. The summed E-state index contributed by atoms with van der Waals surface area (Å²) >= 11 is 3.39. The van der Waals surface area contributed by atoms with Crippen molar-refractivity contribution in [2.45, 2.75) is 4.90 Å². The van der Waals surface area contributed by atoms with Gasteiger partial charge in [-0.15, -0.1) is 0 Å². The third-order valence-electron chi connectivity index (χ3n) is 2.86. The molecule has 1 amide bonds. The number of benzene rings is 2. The topological polar surface area (TPSA) is 63.2 Å². The van der Waals surface area contributed by atoms with Crippen LogP contribution in [0.25, 0.3) is 6.08 Å². The van der Waals surface area contributed by atoms with Crippen LogP contribution in [0.15, 0.2) is 64.0 Å². The fraction of sp³-hybridized carbons (Fsp3) is 0.0625. The maximum atomic E-state index is 12.0. The van der Waals surface area contributed by atoms with E-state index in [1.165, 1.54) is 12.1 Å². The minimum atomic E-state index is -3.40. The van der Waals surface area contributed by atoms with E-state index in [0.29, 0.717) is 0 Å². The monoisotopic (exact) mass is 379 g/mol. The summed E-state index contributed by atoms with van der Waals surface area (Å²) in [4.78, 5) is 12.1. The minimum absolute atomic E-state index is 0.0950. The highest BCUT2D eigenvalue weighted by Crippen LogP contribution is 2.21. The van der Waals surface area contributed by atoms with Gasteiger partial charge in [-0.05, 0) is 29.8 Å². The van der Waals surface area contributed by atoms with E-state index in [0.717, 1.165) is 16.3 Å². The van der Waals surface area contributed by atoms with Crippen LogP contribution in [-0.4, -0.2) is 20.6 Å². The van der Waals surface area contributed by atoms with Crippen LogP contribution in [0, 0.1) is 0 Å². The van der Waals surface area contributed by atoms with Crippen LogP contribution in [0.4, 0.5) is 5.69 Å². The second-order valence-corrected chi connectivity index (χ2v) is 7.45. The highest BCUT2D eigenvalue weighted by Gasteiger charge is 2.13. The lowest BCUT2D eigenvalue weighted by Gasteiger charge is -2.07. The summed E-state index contributed by atoms with van der Waals surface area (Å²) in [6.07, 6.45) is 4.12. The van der Waals surface area contributed by atoms with Gasteiger partial charge in [0.15, 0.2) is 9.84 Å². The van der Waals surface area contributed by atoms with Gasteiger partial charge in [0.05, 0.1) is 10.6 Å². The fourth-order valence-corrected chi connectivity index (χ4v) is 3.10. The van der Waals surface area contributed by atoms with Crippen molar-refractivity contribution in [2.24, 2.45) is 0 Å². The second kappa shape index (κ2) is 6.89. The molecule has 114 valence electrons. The summed E-state index contributed by atoms with van der Waals surface area (Å²) < 4.78 is 24.2. The molecule has 0 saturated carbocycles. The number of hydrogen-bond acceptors (Lipinski definition) is 3. The van der Waals surface area contributed by atoms with Gasteiger partial charge in [-0.25, -0.2) is 8.42 Å². The first-order chi connectivity index (χ1) is 10.4. The molecule has 0 radical (unpaired) electrons. The Labute approximate surface area is 137 Å². The highest BCUT2D eigenvalue weighted by molar-refractivity contribution is 9.10. The zero-order valence-corrected chi connectivity index (χ0v) is 14.2. The Morgan fingerprint density at radius 3 is 2.41 bits per heavy atom. The molecule has 0 saturated heterocycles. The minimum Gasteiger partial charge on any atom is -0.321 e. The molecule has 0 fully saturated rings. The maximum absolute atomic E-state index is 12.0. The quantitative estimate of drug-likeness (QED) is 0.826. The van der Waals surface area contributed by atoms with Crippen molar-refractivity contribution in [3.8, 4) is 0 Å². The molecular formula is C16H14BrNO3S. The Kier molecular flexibility index (Phi) is 5.15. The predicted molar refractivity (Wildman–Crippen MR) is 91.4 cm³/mol. The molecular weight excluding hydrogens is 366 g/mol. The number of carbonyl (C=O) groups excluding carboxylic acids is 1. The Bertz CT molecular complexity index is 829. The molecule has 0 heterocycles. The van der Waals surface area contributed by atoms with Crippen LogP contribution in [0.5, 0.6) is 0 Å². The molecule has 2 aromatic rings. The number of rotatable bonds is 4. The summed E-state index contributed by atoms with van der Waals surface area (Å²) in [5.41, 5.74) is 1.13. The van der Waals surface area contributed by atoms with Crippen LogP contribution in [0.1, 0.15) is 5.56 Å². The van der Waals surface area contributed by atoms with Crippen molar-refractivity contribution >= 4 is 43.4 Å². The van der Waals surface area contributed by atoms with E-state index in [-0.39, 0.29) is 10.6 Å². The van der Waals surface area contributed by atoms with Gasteiger partial charge in [0, 0.05) is 16.8 Å². The molecule has 6 heteroatoms. The molecule has 0 unspecified atom stereocenters. The van der Waals surface area contributed by atoms with Gasteiger partial charge in [0.1, 0.15) is 0 Å². The molecule has 0 atom stereocenters. The van der Waals surface area contributed by atoms with Gasteiger partial charge in [-0.3, -0.25) is 4.79 Å². The summed E-state index contributed by atoms with van der Waals surface area (Å²) in [6, 6.07) is 13.8. The number of hydrogen-bond donors (Lipinski definition) is 1. The van der Waals surface area contributed by atoms with Crippen LogP contribution in [0.3, 0.4) is 0 Å². The summed E-state index contributed by atoms with van der Waals surface area (Å²) in [6.45, 7) is 0. The molecule has 0 aliphatic heterocycles. The maximum Gasteiger partial charge on any atom is 0.248 e. The van der Waals surface area contributed by atoms with Crippen LogP contribution in [0.2, 0.25) is 0 Å². The first-order valence-electron chi connectivity index (χ1n) is 6.40. The standard InChI is InChI=1S/C16H14BrNO3S/c1-22(20,21)15-9-5-4-8-14(15)18-16(19)11-10-12-6-2-3-7-13(12)17/h2-11H,1H3,(H,18,19)/b11-10+. The van der Waals surface area contributed by atoms with Gasteiger partial charge in [-0.2, -0.15) is 0 Å². The van der Waals surface area contributed by atoms with E-state index in [2.05, 4.69) is 21.2 Å². The van der Waals surface area contributed by atoms with E-state index in [4.69, 9.17) is 0 Å². The molecule has 0 bridgehead atoms. The number of halogens is 1. The molecule has 22 heavy (non-hydrogen) atoms. The Morgan fingerprint density at radius 2 is 1.73 bits per heavy atom. The van der Waals surface area contributed by atoms with Crippen molar-refractivity contribution in [2.75, 3.05) is 11.6 Å². The van der Waals surface area contributed by atoms with Gasteiger partial charge in [-0.1, -0.05) is 46.3 Å². The molecule has 0 aliphatic carbocycles. The molecule has 1 N–H and O–H groups in total. The number of anilines is 1. The lowest BCUT2D eigenvalue weighted by molar-refractivity contribution is -0.111. The van der Waals surface area contributed by atoms with E-state index >= 15 is 0 Å². The number of para-hydroxylation sites is 1. The fourth-order valence-electron chi connectivity index (χ4n) is 1.84. The largest absolute Gasteiger partial charge is 0.321 e. The zero-order valence-electron chi connectivity index (χ0n) is 11.8. The Balaban J connectivity index is 2.19. The highest BCUT2D eigenvalue weighted by atomic mass is 79.9. The van der Waals surface area contributed by atoms with Crippen molar-refractivity contribution in [1.29, 1.82) is 0 Å². The van der Waals surface area contributed by atoms with E-state index in [1.807, 2.05) is 24.3 Å². The summed E-state index contributed by atoms with van der Waals surface area (Å²) in [5, 5.41) is 2.59. The van der Waals surface area contributed by atoms with Crippen LogP contribution in [-0.2, 0) is 14.6 Å². The van der Waals surface area contributed by atoms with Crippen LogP contribution < -0.4 is 5.32 Å². The van der Waals surface area contributed by atoms with E-state index in [9.17, 15) is 13.2 Å². The first kappa shape index (κ1) is 16.5. The predicted octanol–water partition coefficient (Wildman–Crippen LogP) is 3.50. The third-order valence-corrected chi connectivity index (χ3v) is 4.74. The molecule has 0 aromatic heterocycles. The summed E-state index contributed by atoms with van der Waals surface area (Å²) in [5.74, 6) is -0.396. The zero-order chi connectivity index (χ0) is 16.2. The van der Waals surface area contributed by atoms with Gasteiger partial charge < -0.3 is 5.32 Å². The molecule has 0 spiro atoms. The van der Waals surface area contributed by atoms with Crippen molar-refractivity contribution in [3.05, 3.63) is 64.6 Å².